The lowest BCUT2D eigenvalue weighted by Gasteiger charge is -2.13. The largest absolute Gasteiger partial charge is 0.481 e. The summed E-state index contributed by atoms with van der Waals surface area (Å²) in [5, 5.41) is 5.12. The number of fused-ring (bicyclic) bond motifs is 1. The molecule has 6 heteroatoms. The van der Waals surface area contributed by atoms with Crippen molar-refractivity contribution < 1.29 is 19.1 Å². The average Bonchev–Trinajstić information content (AvgIpc) is 3.45. The summed E-state index contributed by atoms with van der Waals surface area (Å²) < 4.78 is 10.5. The van der Waals surface area contributed by atoms with Gasteiger partial charge in [-0.2, -0.15) is 0 Å². The van der Waals surface area contributed by atoms with Crippen LogP contribution in [0.15, 0.2) is 36.4 Å². The lowest BCUT2D eigenvalue weighted by Crippen LogP contribution is -2.37. The van der Waals surface area contributed by atoms with E-state index in [0.717, 1.165) is 23.6 Å². The van der Waals surface area contributed by atoms with Crippen molar-refractivity contribution in [3.8, 4) is 5.75 Å². The molecular formula is C19H20ClNO4. The molecule has 132 valence electrons. The Labute approximate surface area is 151 Å². The summed E-state index contributed by atoms with van der Waals surface area (Å²) in [4.78, 5) is 23.5. The molecule has 1 aliphatic rings. The Morgan fingerprint density at radius 3 is 2.60 bits per heavy atom. The molecule has 1 atom stereocenters. The van der Waals surface area contributed by atoms with Crippen molar-refractivity contribution >= 4 is 34.2 Å². The van der Waals surface area contributed by atoms with Crippen molar-refractivity contribution in [1.29, 1.82) is 0 Å². The van der Waals surface area contributed by atoms with Gasteiger partial charge in [0.2, 0.25) is 0 Å². The number of rotatable bonds is 7. The minimum atomic E-state index is -0.590. The minimum absolute atomic E-state index is 0.128. The number of nitrogens with one attached hydrogen (secondary N) is 1. The summed E-state index contributed by atoms with van der Waals surface area (Å²) in [7, 11) is 0. The van der Waals surface area contributed by atoms with Gasteiger partial charge in [0.1, 0.15) is 5.75 Å². The molecular weight excluding hydrogens is 342 g/mol. The summed E-state index contributed by atoms with van der Waals surface area (Å²) in [6, 6.07) is 11.1. The van der Waals surface area contributed by atoms with Crippen LogP contribution in [-0.2, 0) is 14.3 Å². The van der Waals surface area contributed by atoms with Gasteiger partial charge >= 0.3 is 5.97 Å². The second-order valence-corrected chi connectivity index (χ2v) is 6.64. The van der Waals surface area contributed by atoms with E-state index in [4.69, 9.17) is 21.1 Å². The minimum Gasteiger partial charge on any atom is -0.481 e. The zero-order chi connectivity index (χ0) is 17.8. The van der Waals surface area contributed by atoms with Gasteiger partial charge < -0.3 is 14.8 Å². The first-order chi connectivity index (χ1) is 12.0. The fourth-order valence-electron chi connectivity index (χ4n) is 2.69. The molecule has 0 bridgehead atoms. The van der Waals surface area contributed by atoms with Crippen LogP contribution in [0.2, 0.25) is 5.02 Å². The smallest absolute Gasteiger partial charge is 0.344 e. The van der Waals surface area contributed by atoms with E-state index in [1.807, 2.05) is 31.2 Å². The van der Waals surface area contributed by atoms with E-state index >= 15 is 0 Å². The lowest BCUT2D eigenvalue weighted by atomic mass is 10.1. The maximum Gasteiger partial charge on any atom is 0.344 e. The van der Waals surface area contributed by atoms with Gasteiger partial charge in [-0.1, -0.05) is 35.9 Å². The van der Waals surface area contributed by atoms with Gasteiger partial charge in [0, 0.05) is 21.8 Å². The predicted molar refractivity (Wildman–Crippen MR) is 95.7 cm³/mol. The summed E-state index contributed by atoms with van der Waals surface area (Å²) in [6.45, 7) is 1.41. The van der Waals surface area contributed by atoms with E-state index < -0.39 is 5.97 Å². The Morgan fingerprint density at radius 2 is 1.88 bits per heavy atom. The monoisotopic (exact) mass is 361 g/mol. The number of halogens is 1. The van der Waals surface area contributed by atoms with Crippen LogP contribution in [0.4, 0.5) is 0 Å². The van der Waals surface area contributed by atoms with E-state index in [2.05, 4.69) is 5.32 Å². The zero-order valence-corrected chi connectivity index (χ0v) is 14.7. The maximum atomic E-state index is 11.8. The van der Waals surface area contributed by atoms with Crippen molar-refractivity contribution in [3.63, 3.8) is 0 Å². The number of carbonyl (C=O) groups excluding carboxylic acids is 2. The van der Waals surface area contributed by atoms with Crippen LogP contribution in [0.1, 0.15) is 19.8 Å². The number of hydrogen-bond acceptors (Lipinski definition) is 4. The summed E-state index contributed by atoms with van der Waals surface area (Å²) in [5.41, 5.74) is 0. The predicted octanol–water partition coefficient (Wildman–Crippen LogP) is 3.33. The summed E-state index contributed by atoms with van der Waals surface area (Å²) in [5.74, 6) is 0.225. The molecule has 0 aliphatic heterocycles. The highest BCUT2D eigenvalue weighted by atomic mass is 35.5. The van der Waals surface area contributed by atoms with Crippen LogP contribution in [0, 0.1) is 5.92 Å². The molecule has 0 saturated heterocycles. The number of hydrogen-bond donors (Lipinski definition) is 1. The topological polar surface area (TPSA) is 64.6 Å². The van der Waals surface area contributed by atoms with Crippen molar-refractivity contribution in [2.75, 3.05) is 13.2 Å². The fraction of sp³-hybridized carbons (Fsp3) is 0.368. The standard InChI is InChI=1S/C19H20ClNO4/c1-12(13-6-7-13)21-18(22)10-25-19(23)11-24-17-9-8-16(20)14-4-2-3-5-15(14)17/h2-5,8-9,12-13H,6-7,10-11H2,1H3,(H,21,22)/t12-/m0/s1. The first kappa shape index (κ1) is 17.5. The molecule has 1 fully saturated rings. The molecule has 1 amide bonds. The fourth-order valence-corrected chi connectivity index (χ4v) is 2.92. The van der Waals surface area contributed by atoms with Crippen LogP contribution < -0.4 is 10.1 Å². The van der Waals surface area contributed by atoms with E-state index in [0.29, 0.717) is 16.7 Å². The maximum absolute atomic E-state index is 11.8. The third-order valence-corrected chi connectivity index (χ3v) is 4.59. The van der Waals surface area contributed by atoms with Crippen LogP contribution >= 0.6 is 11.6 Å². The van der Waals surface area contributed by atoms with Crippen molar-refractivity contribution in [2.24, 2.45) is 5.92 Å². The number of esters is 1. The first-order valence-electron chi connectivity index (χ1n) is 8.29. The van der Waals surface area contributed by atoms with E-state index in [1.54, 1.807) is 12.1 Å². The van der Waals surface area contributed by atoms with Crippen LogP contribution in [0.3, 0.4) is 0 Å². The Hall–Kier alpha value is -2.27. The molecule has 2 aromatic rings. The molecule has 1 N–H and O–H groups in total. The normalized spacial score (nSPS) is 14.8. The number of ether oxygens (including phenoxy) is 2. The van der Waals surface area contributed by atoms with Gasteiger partial charge in [0.15, 0.2) is 13.2 Å². The molecule has 1 saturated carbocycles. The van der Waals surface area contributed by atoms with E-state index in [9.17, 15) is 9.59 Å². The van der Waals surface area contributed by atoms with E-state index in [-0.39, 0.29) is 25.2 Å². The number of carbonyl (C=O) groups is 2. The summed E-state index contributed by atoms with van der Waals surface area (Å²) >= 11 is 6.15. The van der Waals surface area contributed by atoms with Gasteiger partial charge in [-0.05, 0) is 37.8 Å². The van der Waals surface area contributed by atoms with E-state index in [1.165, 1.54) is 0 Å². The van der Waals surface area contributed by atoms with Gasteiger partial charge in [0.25, 0.3) is 5.91 Å². The Kier molecular flexibility index (Phi) is 5.43. The van der Waals surface area contributed by atoms with Gasteiger partial charge in [-0.3, -0.25) is 4.79 Å². The number of benzene rings is 2. The molecule has 0 heterocycles. The van der Waals surface area contributed by atoms with Crippen LogP contribution in [0.5, 0.6) is 5.75 Å². The highest BCUT2D eigenvalue weighted by Crippen LogP contribution is 2.32. The summed E-state index contributed by atoms with van der Waals surface area (Å²) in [6.07, 6.45) is 2.29. The van der Waals surface area contributed by atoms with Crippen LogP contribution in [-0.4, -0.2) is 31.1 Å². The molecule has 5 nitrogen and oxygen atoms in total. The molecule has 0 unspecified atom stereocenters. The second kappa shape index (κ2) is 7.74. The molecule has 0 aromatic heterocycles. The molecule has 25 heavy (non-hydrogen) atoms. The Morgan fingerprint density at radius 1 is 1.16 bits per heavy atom. The lowest BCUT2D eigenvalue weighted by molar-refractivity contribution is -0.150. The Bertz CT molecular complexity index is 788. The Balaban J connectivity index is 1.49. The van der Waals surface area contributed by atoms with Gasteiger partial charge in [0.05, 0.1) is 0 Å². The quantitative estimate of drug-likeness (QED) is 0.768. The third kappa shape index (κ3) is 4.63. The molecule has 1 aliphatic carbocycles. The highest BCUT2D eigenvalue weighted by molar-refractivity contribution is 6.35. The van der Waals surface area contributed by atoms with Crippen LogP contribution in [0.25, 0.3) is 10.8 Å². The number of amides is 1. The van der Waals surface area contributed by atoms with Crippen molar-refractivity contribution in [2.45, 2.75) is 25.8 Å². The van der Waals surface area contributed by atoms with Gasteiger partial charge in [-0.15, -0.1) is 0 Å². The molecule has 2 aromatic carbocycles. The molecule has 0 spiro atoms. The SMILES string of the molecule is C[C@H](NC(=O)COC(=O)COc1ccc(Cl)c2ccccc12)C1CC1. The van der Waals surface area contributed by atoms with Crippen molar-refractivity contribution in [3.05, 3.63) is 41.4 Å². The molecule has 0 radical (unpaired) electrons. The van der Waals surface area contributed by atoms with Gasteiger partial charge in [-0.25, -0.2) is 4.79 Å². The first-order valence-corrected chi connectivity index (χ1v) is 8.67. The highest BCUT2D eigenvalue weighted by Gasteiger charge is 2.28. The molecule has 3 rings (SSSR count). The van der Waals surface area contributed by atoms with Crippen molar-refractivity contribution in [1.82, 2.24) is 5.32 Å². The zero-order valence-electron chi connectivity index (χ0n) is 14.0. The average molecular weight is 362 g/mol. The second-order valence-electron chi connectivity index (χ2n) is 6.23. The third-order valence-electron chi connectivity index (χ3n) is 4.26.